The van der Waals surface area contributed by atoms with Gasteiger partial charge in [-0.2, -0.15) is 0 Å². The lowest BCUT2D eigenvalue weighted by Crippen LogP contribution is -2.36. The molecule has 1 aliphatic rings. The normalized spacial score (nSPS) is 15.4. The zero-order valence-electron chi connectivity index (χ0n) is 17.9. The number of methoxy groups -OCH3 is 2. The number of benzene rings is 1. The highest BCUT2D eigenvalue weighted by molar-refractivity contribution is 5.92. The Labute approximate surface area is 172 Å². The maximum atomic E-state index is 10.1. The molecule has 29 heavy (non-hydrogen) atoms. The fraction of sp³-hybridized carbons (Fsp3) is 0.476. The number of likely N-dealkylation sites (tertiary alicyclic amines) is 1. The molecule has 3 N–H and O–H groups in total. The first kappa shape index (κ1) is 22.4. The third-order valence-electron chi connectivity index (χ3n) is 5.02. The standard InChI is InChI=1S/C16H22N4O2.C5H9NO/c1-20-6-4-11(5-7-20)19-16-12-8-14(21-2)15(22-3)9-13(12)17-10-18-16;1-3-4(2)5(6)7/h8-11H,4-7H2,1-3H3,(H,17,18,19);3H,1-2H3,(H2,6,7). The average Bonchev–Trinajstić information content (AvgIpc) is 2.74. The van der Waals surface area contributed by atoms with Crippen molar-refractivity contribution < 1.29 is 14.3 Å². The van der Waals surface area contributed by atoms with E-state index < -0.39 is 0 Å². The summed E-state index contributed by atoms with van der Waals surface area (Å²) in [6.07, 6.45) is 5.51. The van der Waals surface area contributed by atoms with Crippen molar-refractivity contribution in [2.24, 2.45) is 5.73 Å². The molecule has 0 atom stereocenters. The van der Waals surface area contributed by atoms with Crippen LogP contribution in [0.2, 0.25) is 0 Å². The molecule has 3 rings (SSSR count). The number of nitrogens with one attached hydrogen (secondary N) is 1. The summed E-state index contributed by atoms with van der Waals surface area (Å²) in [5, 5.41) is 4.52. The number of carbonyl (C=O) groups excluding carboxylic acids is 1. The molecule has 0 spiro atoms. The van der Waals surface area contributed by atoms with Gasteiger partial charge in [0.25, 0.3) is 0 Å². The van der Waals surface area contributed by atoms with Crippen molar-refractivity contribution in [1.82, 2.24) is 14.9 Å². The molecule has 1 aliphatic heterocycles. The molecule has 0 radical (unpaired) electrons. The van der Waals surface area contributed by atoms with Crippen LogP contribution in [0.3, 0.4) is 0 Å². The molecule has 1 saturated heterocycles. The molecule has 0 aliphatic carbocycles. The third-order valence-corrected chi connectivity index (χ3v) is 5.02. The number of rotatable bonds is 5. The Morgan fingerprint density at radius 2 is 1.83 bits per heavy atom. The van der Waals surface area contributed by atoms with Gasteiger partial charge >= 0.3 is 0 Å². The number of piperidine rings is 1. The van der Waals surface area contributed by atoms with E-state index in [1.165, 1.54) is 0 Å². The molecule has 8 nitrogen and oxygen atoms in total. The van der Waals surface area contributed by atoms with Crippen molar-refractivity contribution in [2.75, 3.05) is 39.7 Å². The molecule has 8 heteroatoms. The molecule has 1 amide bonds. The van der Waals surface area contributed by atoms with E-state index in [1.54, 1.807) is 40.5 Å². The van der Waals surface area contributed by atoms with Gasteiger partial charge in [-0.15, -0.1) is 0 Å². The zero-order valence-corrected chi connectivity index (χ0v) is 17.9. The number of amides is 1. The SMILES string of the molecule is CC=C(C)C(N)=O.COc1cc2ncnc(NC3CCN(C)CC3)c2cc1OC. The molecule has 1 aromatic carbocycles. The highest BCUT2D eigenvalue weighted by Crippen LogP contribution is 2.34. The fourth-order valence-electron chi connectivity index (χ4n) is 2.99. The molecular weight excluding hydrogens is 370 g/mol. The van der Waals surface area contributed by atoms with Gasteiger partial charge in [0.1, 0.15) is 12.1 Å². The summed E-state index contributed by atoms with van der Waals surface area (Å²) in [7, 11) is 5.42. The Hall–Kier alpha value is -2.87. The first-order chi connectivity index (χ1) is 13.9. The number of nitrogens with two attached hydrogens (primary N) is 1. The number of ether oxygens (including phenoxy) is 2. The van der Waals surface area contributed by atoms with E-state index in [4.69, 9.17) is 15.2 Å². The van der Waals surface area contributed by atoms with Crippen molar-refractivity contribution in [3.8, 4) is 11.5 Å². The quantitative estimate of drug-likeness (QED) is 0.742. The van der Waals surface area contributed by atoms with Crippen LogP contribution < -0.4 is 20.5 Å². The second-order valence-electron chi connectivity index (χ2n) is 7.00. The summed E-state index contributed by atoms with van der Waals surface area (Å²) in [6.45, 7) is 5.68. The van der Waals surface area contributed by atoms with Crippen LogP contribution in [0.25, 0.3) is 10.9 Å². The molecule has 158 valence electrons. The average molecular weight is 402 g/mol. The van der Waals surface area contributed by atoms with E-state index in [1.807, 2.05) is 12.1 Å². The highest BCUT2D eigenvalue weighted by atomic mass is 16.5. The molecule has 0 unspecified atom stereocenters. The van der Waals surface area contributed by atoms with Crippen molar-refractivity contribution in [3.05, 3.63) is 30.1 Å². The summed E-state index contributed by atoms with van der Waals surface area (Å²) in [5.41, 5.74) is 6.30. The van der Waals surface area contributed by atoms with Gasteiger partial charge in [-0.25, -0.2) is 9.97 Å². The van der Waals surface area contributed by atoms with E-state index in [0.29, 0.717) is 23.1 Å². The molecular formula is C21H31N5O3. The van der Waals surface area contributed by atoms with Crippen LogP contribution in [0.5, 0.6) is 11.5 Å². The first-order valence-electron chi connectivity index (χ1n) is 9.64. The van der Waals surface area contributed by atoms with Crippen molar-refractivity contribution in [3.63, 3.8) is 0 Å². The summed E-state index contributed by atoms with van der Waals surface area (Å²) >= 11 is 0. The molecule has 2 heterocycles. The maximum absolute atomic E-state index is 10.1. The van der Waals surface area contributed by atoms with Gasteiger partial charge in [0, 0.05) is 23.1 Å². The lowest BCUT2D eigenvalue weighted by atomic mass is 10.1. The number of anilines is 1. The Bertz CT molecular complexity index is 861. The Morgan fingerprint density at radius 1 is 1.21 bits per heavy atom. The number of primary amides is 1. The lowest BCUT2D eigenvalue weighted by molar-refractivity contribution is -0.114. The number of carbonyl (C=O) groups is 1. The van der Waals surface area contributed by atoms with Gasteiger partial charge in [-0.05, 0) is 52.9 Å². The summed E-state index contributed by atoms with van der Waals surface area (Å²) in [6, 6.07) is 4.27. The summed E-state index contributed by atoms with van der Waals surface area (Å²) in [4.78, 5) is 21.2. The predicted octanol–water partition coefficient (Wildman–Crippen LogP) is 2.59. The third kappa shape index (κ3) is 6.05. The van der Waals surface area contributed by atoms with Gasteiger partial charge < -0.3 is 25.4 Å². The van der Waals surface area contributed by atoms with E-state index in [0.717, 1.165) is 42.7 Å². The molecule has 2 aromatic rings. The van der Waals surface area contributed by atoms with Crippen LogP contribution in [0.1, 0.15) is 26.7 Å². The number of fused-ring (bicyclic) bond motifs is 1. The minimum atomic E-state index is -0.345. The summed E-state index contributed by atoms with van der Waals surface area (Å²) in [5.74, 6) is 1.89. The number of allylic oxidation sites excluding steroid dienone is 1. The van der Waals surface area contributed by atoms with Crippen LogP contribution in [0.4, 0.5) is 5.82 Å². The van der Waals surface area contributed by atoms with E-state index in [2.05, 4.69) is 27.2 Å². The van der Waals surface area contributed by atoms with E-state index in [9.17, 15) is 4.79 Å². The zero-order chi connectivity index (χ0) is 21.4. The first-order valence-corrected chi connectivity index (χ1v) is 9.64. The molecule has 0 bridgehead atoms. The monoisotopic (exact) mass is 401 g/mol. The van der Waals surface area contributed by atoms with Gasteiger partial charge in [0.2, 0.25) is 5.91 Å². The lowest BCUT2D eigenvalue weighted by Gasteiger charge is -2.30. The van der Waals surface area contributed by atoms with Crippen LogP contribution in [-0.2, 0) is 4.79 Å². The molecule has 1 fully saturated rings. The fourth-order valence-corrected chi connectivity index (χ4v) is 2.99. The summed E-state index contributed by atoms with van der Waals surface area (Å²) < 4.78 is 10.7. The highest BCUT2D eigenvalue weighted by Gasteiger charge is 2.18. The van der Waals surface area contributed by atoms with Gasteiger partial charge in [0.15, 0.2) is 11.5 Å². The van der Waals surface area contributed by atoms with Crippen LogP contribution in [0.15, 0.2) is 30.1 Å². The number of hydrogen-bond donors (Lipinski definition) is 2. The number of hydrogen-bond acceptors (Lipinski definition) is 7. The van der Waals surface area contributed by atoms with Crippen LogP contribution in [-0.4, -0.2) is 61.2 Å². The minimum absolute atomic E-state index is 0.345. The minimum Gasteiger partial charge on any atom is -0.493 e. The molecule has 0 saturated carbocycles. The van der Waals surface area contributed by atoms with E-state index >= 15 is 0 Å². The van der Waals surface area contributed by atoms with Crippen LogP contribution in [0, 0.1) is 0 Å². The largest absolute Gasteiger partial charge is 0.493 e. The van der Waals surface area contributed by atoms with Gasteiger partial charge in [0.05, 0.1) is 19.7 Å². The second kappa shape index (κ2) is 10.6. The Kier molecular flexibility index (Phi) is 8.21. The maximum Gasteiger partial charge on any atom is 0.243 e. The van der Waals surface area contributed by atoms with Crippen molar-refractivity contribution in [1.29, 1.82) is 0 Å². The number of aromatic nitrogens is 2. The van der Waals surface area contributed by atoms with E-state index in [-0.39, 0.29) is 5.91 Å². The second-order valence-corrected chi connectivity index (χ2v) is 7.00. The van der Waals surface area contributed by atoms with Gasteiger partial charge in [-0.1, -0.05) is 6.08 Å². The Balaban J connectivity index is 0.000000370. The Morgan fingerprint density at radius 3 is 2.34 bits per heavy atom. The molecule has 1 aromatic heterocycles. The van der Waals surface area contributed by atoms with Gasteiger partial charge in [-0.3, -0.25) is 4.79 Å². The topological polar surface area (TPSA) is 103 Å². The van der Waals surface area contributed by atoms with Crippen molar-refractivity contribution in [2.45, 2.75) is 32.7 Å². The van der Waals surface area contributed by atoms with Crippen molar-refractivity contribution >= 4 is 22.6 Å². The number of nitrogens with zero attached hydrogens (tertiary/aromatic N) is 3. The smallest absolute Gasteiger partial charge is 0.243 e. The van der Waals surface area contributed by atoms with Crippen LogP contribution >= 0.6 is 0 Å². The predicted molar refractivity (Wildman–Crippen MR) is 115 cm³/mol.